The molecule has 0 spiro atoms. The van der Waals surface area contributed by atoms with E-state index >= 15 is 0 Å². The lowest BCUT2D eigenvalue weighted by atomic mass is 9.91. The number of nitrogens with zero attached hydrogens (tertiary/aromatic N) is 3. The number of nitrogens with two attached hydrogens (primary N) is 1. The van der Waals surface area contributed by atoms with Crippen LogP contribution in [0, 0.1) is 0 Å². The quantitative estimate of drug-likeness (QED) is 0.376. The summed E-state index contributed by atoms with van der Waals surface area (Å²) < 4.78 is 7.14. The number of halogens is 1. The summed E-state index contributed by atoms with van der Waals surface area (Å²) in [5, 5.41) is 9.77. The number of carbonyl (C=O) groups is 1. The largest absolute Gasteiger partial charge is 0.495 e. The number of likely N-dealkylation sites (tertiary alicyclic amines) is 1. The number of primary amides is 1. The fourth-order valence-corrected chi connectivity index (χ4v) is 5.27. The SMILES string of the molecule is COc1cc(C2CC(n3c(=O)[nH]c4c(-c5ccc(CO)nc5)cccc43)CCN2C(N)=O)ccc1Cl. The lowest BCUT2D eigenvalue weighted by molar-refractivity contribution is 0.136. The number of hydrogen-bond donors (Lipinski definition) is 3. The van der Waals surface area contributed by atoms with Crippen molar-refractivity contribution in [2.24, 2.45) is 5.73 Å². The second-order valence-electron chi connectivity index (χ2n) is 8.82. The molecule has 1 aliphatic rings. The van der Waals surface area contributed by atoms with Gasteiger partial charge in [-0.05, 0) is 42.7 Å². The summed E-state index contributed by atoms with van der Waals surface area (Å²) in [6, 6.07) is 13.7. The van der Waals surface area contributed by atoms with Gasteiger partial charge in [0.05, 0.1) is 41.5 Å². The van der Waals surface area contributed by atoms with Gasteiger partial charge in [-0.3, -0.25) is 9.55 Å². The number of carbonyl (C=O) groups excluding carboxylic acids is 1. The Bertz CT molecular complexity index is 1480. The molecule has 0 aliphatic carbocycles. The van der Waals surface area contributed by atoms with Crippen molar-refractivity contribution >= 4 is 28.7 Å². The minimum Gasteiger partial charge on any atom is -0.495 e. The van der Waals surface area contributed by atoms with E-state index in [-0.39, 0.29) is 24.4 Å². The van der Waals surface area contributed by atoms with Crippen LogP contribution in [0.2, 0.25) is 5.02 Å². The first-order valence-electron chi connectivity index (χ1n) is 11.6. The molecule has 10 heteroatoms. The average molecular weight is 508 g/mol. The molecule has 186 valence electrons. The van der Waals surface area contributed by atoms with Crippen molar-refractivity contribution in [1.82, 2.24) is 19.4 Å². The highest BCUT2D eigenvalue weighted by atomic mass is 35.5. The van der Waals surface area contributed by atoms with Crippen molar-refractivity contribution < 1.29 is 14.6 Å². The Kier molecular flexibility index (Phi) is 6.42. The highest BCUT2D eigenvalue weighted by molar-refractivity contribution is 6.32. The van der Waals surface area contributed by atoms with Gasteiger partial charge in [-0.15, -0.1) is 0 Å². The van der Waals surface area contributed by atoms with E-state index in [1.165, 1.54) is 7.11 Å². The van der Waals surface area contributed by atoms with E-state index in [1.54, 1.807) is 27.8 Å². The van der Waals surface area contributed by atoms with Crippen LogP contribution in [0.3, 0.4) is 0 Å². The Morgan fingerprint density at radius 1 is 1.28 bits per heavy atom. The van der Waals surface area contributed by atoms with E-state index in [1.807, 2.05) is 36.4 Å². The van der Waals surface area contributed by atoms with E-state index in [9.17, 15) is 14.7 Å². The van der Waals surface area contributed by atoms with Crippen LogP contribution in [0.4, 0.5) is 4.79 Å². The number of methoxy groups -OCH3 is 1. The molecule has 4 N–H and O–H groups in total. The number of imidazole rings is 1. The zero-order valence-corrected chi connectivity index (χ0v) is 20.4. The maximum Gasteiger partial charge on any atom is 0.326 e. The molecular weight excluding hydrogens is 482 g/mol. The Balaban J connectivity index is 1.55. The Morgan fingerprint density at radius 2 is 2.11 bits per heavy atom. The number of ether oxygens (including phenoxy) is 1. The van der Waals surface area contributed by atoms with E-state index in [0.717, 1.165) is 22.2 Å². The number of aromatic amines is 1. The third-order valence-electron chi connectivity index (χ3n) is 6.83. The van der Waals surface area contributed by atoms with Gasteiger partial charge in [0.2, 0.25) is 0 Å². The third kappa shape index (κ3) is 4.20. The monoisotopic (exact) mass is 507 g/mol. The van der Waals surface area contributed by atoms with Crippen LogP contribution in [-0.4, -0.2) is 44.2 Å². The van der Waals surface area contributed by atoms with Crippen molar-refractivity contribution in [3.05, 3.63) is 81.5 Å². The van der Waals surface area contributed by atoms with Crippen LogP contribution in [0.5, 0.6) is 5.75 Å². The number of para-hydroxylation sites is 1. The molecule has 0 saturated carbocycles. The summed E-state index contributed by atoms with van der Waals surface area (Å²) in [7, 11) is 1.54. The molecule has 2 atom stereocenters. The molecule has 2 amide bonds. The Hall–Kier alpha value is -3.82. The van der Waals surface area contributed by atoms with Gasteiger partial charge in [0.25, 0.3) is 0 Å². The fourth-order valence-electron chi connectivity index (χ4n) is 5.07. The second kappa shape index (κ2) is 9.67. The number of fused-ring (bicyclic) bond motifs is 1. The van der Waals surface area contributed by atoms with Gasteiger partial charge in [-0.25, -0.2) is 9.59 Å². The van der Waals surface area contributed by atoms with Gasteiger partial charge in [-0.2, -0.15) is 0 Å². The molecular formula is C26H26ClN5O4. The van der Waals surface area contributed by atoms with Crippen molar-refractivity contribution in [3.8, 4) is 16.9 Å². The maximum absolute atomic E-state index is 13.2. The van der Waals surface area contributed by atoms with Crippen molar-refractivity contribution in [2.45, 2.75) is 31.5 Å². The molecule has 0 bridgehead atoms. The number of rotatable bonds is 5. The summed E-state index contributed by atoms with van der Waals surface area (Å²) in [4.78, 5) is 34.4. The molecule has 1 fully saturated rings. The maximum atomic E-state index is 13.2. The molecule has 1 saturated heterocycles. The lowest BCUT2D eigenvalue weighted by Crippen LogP contribution is -2.45. The first-order valence-corrected chi connectivity index (χ1v) is 12.0. The minimum atomic E-state index is -0.514. The number of nitrogens with one attached hydrogen (secondary N) is 1. The van der Waals surface area contributed by atoms with Crippen LogP contribution < -0.4 is 16.2 Å². The number of pyridine rings is 1. The molecule has 3 heterocycles. The van der Waals surface area contributed by atoms with E-state index < -0.39 is 6.03 Å². The number of H-pyrrole nitrogens is 1. The third-order valence-corrected chi connectivity index (χ3v) is 7.15. The number of aromatic nitrogens is 3. The number of aliphatic hydroxyl groups excluding tert-OH is 1. The first kappa shape index (κ1) is 23.9. The van der Waals surface area contributed by atoms with E-state index in [4.69, 9.17) is 22.1 Å². The van der Waals surface area contributed by atoms with E-state index in [0.29, 0.717) is 41.4 Å². The van der Waals surface area contributed by atoms with Crippen LogP contribution in [0.1, 0.15) is 36.2 Å². The smallest absolute Gasteiger partial charge is 0.326 e. The van der Waals surface area contributed by atoms with Crippen molar-refractivity contribution in [2.75, 3.05) is 13.7 Å². The van der Waals surface area contributed by atoms with Crippen LogP contribution >= 0.6 is 11.6 Å². The molecule has 5 rings (SSSR count). The van der Waals surface area contributed by atoms with Gasteiger partial charge < -0.3 is 25.5 Å². The van der Waals surface area contributed by atoms with Gasteiger partial charge in [0, 0.05) is 29.9 Å². The zero-order chi connectivity index (χ0) is 25.4. The zero-order valence-electron chi connectivity index (χ0n) is 19.6. The van der Waals surface area contributed by atoms with Gasteiger partial charge in [0.15, 0.2) is 0 Å². The summed E-state index contributed by atoms with van der Waals surface area (Å²) in [6.45, 7) is 0.267. The van der Waals surface area contributed by atoms with Crippen LogP contribution in [0.25, 0.3) is 22.2 Å². The molecule has 2 aromatic heterocycles. The number of piperidine rings is 1. The highest BCUT2D eigenvalue weighted by Crippen LogP contribution is 2.40. The van der Waals surface area contributed by atoms with Crippen molar-refractivity contribution in [1.29, 1.82) is 0 Å². The summed E-state index contributed by atoms with van der Waals surface area (Å²) in [6.07, 6.45) is 2.76. The number of aliphatic hydroxyl groups is 1. The highest BCUT2D eigenvalue weighted by Gasteiger charge is 2.34. The Morgan fingerprint density at radius 3 is 2.81 bits per heavy atom. The molecule has 4 aromatic rings. The van der Waals surface area contributed by atoms with E-state index in [2.05, 4.69) is 9.97 Å². The normalized spacial score (nSPS) is 17.9. The fraction of sp³-hybridized carbons (Fsp3) is 0.269. The Labute approximate surface area is 212 Å². The number of amides is 2. The average Bonchev–Trinajstić information content (AvgIpc) is 3.24. The number of hydrogen-bond acceptors (Lipinski definition) is 5. The van der Waals surface area contributed by atoms with Gasteiger partial charge >= 0.3 is 11.7 Å². The standard InChI is InChI=1S/C26H26ClN5O4/c1-36-23-11-15(6-8-20(23)27)22-12-18(9-10-31(22)25(28)34)32-21-4-2-3-19(24(21)30-26(32)35)16-5-7-17(14-33)29-13-16/h2-8,11,13,18,22,33H,9-10,12,14H2,1H3,(H2,28,34)(H,30,35). The molecule has 36 heavy (non-hydrogen) atoms. The molecule has 2 aromatic carbocycles. The lowest BCUT2D eigenvalue weighted by Gasteiger charge is -2.39. The van der Waals surface area contributed by atoms with Gasteiger partial charge in [-0.1, -0.05) is 35.9 Å². The molecule has 0 radical (unpaired) electrons. The predicted octanol–water partition coefficient (Wildman–Crippen LogP) is 4.00. The first-order chi connectivity index (χ1) is 17.4. The molecule has 1 aliphatic heterocycles. The summed E-state index contributed by atoms with van der Waals surface area (Å²) in [5.41, 5.74) is 10.1. The predicted molar refractivity (Wildman–Crippen MR) is 137 cm³/mol. The number of benzene rings is 2. The molecule has 9 nitrogen and oxygen atoms in total. The second-order valence-corrected chi connectivity index (χ2v) is 9.22. The summed E-state index contributed by atoms with van der Waals surface area (Å²) in [5.74, 6) is 0.510. The van der Waals surface area contributed by atoms with Crippen molar-refractivity contribution in [3.63, 3.8) is 0 Å². The number of urea groups is 1. The topological polar surface area (TPSA) is 126 Å². The van der Waals surface area contributed by atoms with Crippen LogP contribution in [-0.2, 0) is 6.61 Å². The van der Waals surface area contributed by atoms with Crippen LogP contribution in [0.15, 0.2) is 59.5 Å². The molecule has 2 unspecified atom stereocenters. The minimum absolute atomic E-state index is 0.137. The summed E-state index contributed by atoms with van der Waals surface area (Å²) >= 11 is 6.22. The van der Waals surface area contributed by atoms with Gasteiger partial charge in [0.1, 0.15) is 5.75 Å².